The highest BCUT2D eigenvalue weighted by Crippen LogP contribution is 2.33. The molecule has 0 heterocycles. The predicted molar refractivity (Wildman–Crippen MR) is 81.0 cm³/mol. The molecule has 1 aliphatic rings. The summed E-state index contributed by atoms with van der Waals surface area (Å²) in [7, 11) is 1.58. The number of hydrogen-bond acceptors (Lipinski definition) is 4. The van der Waals surface area contributed by atoms with E-state index in [0.29, 0.717) is 48.7 Å². The summed E-state index contributed by atoms with van der Waals surface area (Å²) >= 11 is 6.10. The number of nitrogens with one attached hydrogen (secondary N) is 1. The minimum absolute atomic E-state index is 0.340. The van der Waals surface area contributed by atoms with Gasteiger partial charge in [0.25, 0.3) is 0 Å². The molecule has 0 amide bonds. The van der Waals surface area contributed by atoms with Gasteiger partial charge >= 0.3 is 5.97 Å². The fourth-order valence-corrected chi connectivity index (χ4v) is 2.79. The van der Waals surface area contributed by atoms with Gasteiger partial charge in [0, 0.05) is 12.6 Å². The second-order valence-electron chi connectivity index (χ2n) is 5.54. The van der Waals surface area contributed by atoms with Crippen LogP contribution < -0.4 is 10.1 Å². The lowest BCUT2D eigenvalue weighted by Crippen LogP contribution is -2.41. The quantitative estimate of drug-likeness (QED) is 0.779. The average molecular weight is 314 g/mol. The van der Waals surface area contributed by atoms with E-state index in [1.54, 1.807) is 25.3 Å². The van der Waals surface area contributed by atoms with Crippen molar-refractivity contribution in [2.24, 2.45) is 5.92 Å². The molecule has 116 valence electrons. The minimum Gasteiger partial charge on any atom is -0.497 e. The molecular formula is C15H20ClNO4. The number of anilines is 1. The van der Waals surface area contributed by atoms with Crippen molar-refractivity contribution >= 4 is 23.3 Å². The zero-order chi connectivity index (χ0) is 15.5. The summed E-state index contributed by atoms with van der Waals surface area (Å²) in [6.45, 7) is 0.340. The Balaban J connectivity index is 1.95. The molecule has 0 spiro atoms. The maximum absolute atomic E-state index is 10.9. The molecule has 1 saturated carbocycles. The number of hydrogen-bond donors (Lipinski definition) is 3. The number of benzene rings is 1. The predicted octanol–water partition coefficient (Wildman–Crippen LogP) is 2.77. The van der Waals surface area contributed by atoms with Gasteiger partial charge in [0.15, 0.2) is 0 Å². The Morgan fingerprint density at radius 1 is 1.48 bits per heavy atom. The number of aliphatic hydroxyl groups is 1. The first-order valence-electron chi connectivity index (χ1n) is 6.96. The molecule has 2 rings (SSSR count). The molecule has 1 fully saturated rings. The number of ether oxygens (including phenoxy) is 1. The molecule has 1 aliphatic carbocycles. The first-order valence-corrected chi connectivity index (χ1v) is 7.34. The Hall–Kier alpha value is -1.46. The van der Waals surface area contributed by atoms with Gasteiger partial charge in [0.1, 0.15) is 5.75 Å². The molecule has 21 heavy (non-hydrogen) atoms. The highest BCUT2D eigenvalue weighted by Gasteiger charge is 2.35. The molecule has 1 aromatic carbocycles. The first-order chi connectivity index (χ1) is 9.93. The normalized spacial score (nSPS) is 25.4. The Morgan fingerprint density at radius 3 is 2.71 bits per heavy atom. The zero-order valence-electron chi connectivity index (χ0n) is 11.9. The van der Waals surface area contributed by atoms with Crippen molar-refractivity contribution in [3.8, 4) is 5.75 Å². The van der Waals surface area contributed by atoms with E-state index in [-0.39, 0.29) is 5.92 Å². The zero-order valence-corrected chi connectivity index (χ0v) is 12.7. The Morgan fingerprint density at radius 2 is 2.14 bits per heavy atom. The van der Waals surface area contributed by atoms with Gasteiger partial charge in [0.05, 0.1) is 29.3 Å². The summed E-state index contributed by atoms with van der Waals surface area (Å²) in [6, 6.07) is 5.27. The van der Waals surface area contributed by atoms with Crippen LogP contribution in [-0.4, -0.2) is 35.4 Å². The van der Waals surface area contributed by atoms with Crippen LogP contribution in [0.25, 0.3) is 0 Å². The van der Waals surface area contributed by atoms with Crippen molar-refractivity contribution in [1.29, 1.82) is 0 Å². The maximum atomic E-state index is 10.9. The van der Waals surface area contributed by atoms with Crippen molar-refractivity contribution in [2.75, 3.05) is 19.0 Å². The van der Waals surface area contributed by atoms with E-state index in [4.69, 9.17) is 21.4 Å². The van der Waals surface area contributed by atoms with Crippen LogP contribution in [0.2, 0.25) is 5.02 Å². The highest BCUT2D eigenvalue weighted by molar-refractivity contribution is 6.33. The van der Waals surface area contributed by atoms with Crippen molar-refractivity contribution in [3.63, 3.8) is 0 Å². The van der Waals surface area contributed by atoms with Gasteiger partial charge in [-0.25, -0.2) is 0 Å². The molecule has 1 aromatic rings. The van der Waals surface area contributed by atoms with Crippen LogP contribution in [0.5, 0.6) is 5.75 Å². The third kappa shape index (κ3) is 4.02. The van der Waals surface area contributed by atoms with Gasteiger partial charge in [-0.3, -0.25) is 4.79 Å². The SMILES string of the molecule is COc1ccc(Cl)c(NCC2(O)CCC(C(=O)O)CC2)c1. The Labute approximate surface area is 128 Å². The molecule has 6 heteroatoms. The van der Waals surface area contributed by atoms with Gasteiger partial charge in [-0.1, -0.05) is 11.6 Å². The van der Waals surface area contributed by atoms with Crippen LogP contribution in [0.4, 0.5) is 5.69 Å². The Bertz CT molecular complexity index is 512. The first kappa shape index (κ1) is 15.9. The van der Waals surface area contributed by atoms with Crippen LogP contribution in [-0.2, 0) is 4.79 Å². The van der Waals surface area contributed by atoms with Crippen LogP contribution in [0, 0.1) is 5.92 Å². The lowest BCUT2D eigenvalue weighted by molar-refractivity contribution is -0.144. The third-order valence-electron chi connectivity index (χ3n) is 4.05. The second kappa shape index (κ2) is 6.54. The topological polar surface area (TPSA) is 78.8 Å². The van der Waals surface area contributed by atoms with Gasteiger partial charge < -0.3 is 20.3 Å². The van der Waals surface area contributed by atoms with Gasteiger partial charge in [0.2, 0.25) is 0 Å². The summed E-state index contributed by atoms with van der Waals surface area (Å²) in [5, 5.41) is 23.2. The number of methoxy groups -OCH3 is 1. The van der Waals surface area contributed by atoms with Gasteiger partial charge in [-0.2, -0.15) is 0 Å². The maximum Gasteiger partial charge on any atom is 0.306 e. The number of halogens is 1. The molecule has 0 saturated heterocycles. The third-order valence-corrected chi connectivity index (χ3v) is 4.38. The summed E-state index contributed by atoms with van der Waals surface area (Å²) in [5.41, 5.74) is -0.192. The van der Waals surface area contributed by atoms with Crippen LogP contribution in [0.15, 0.2) is 18.2 Å². The van der Waals surface area contributed by atoms with Crippen molar-refractivity contribution in [2.45, 2.75) is 31.3 Å². The van der Waals surface area contributed by atoms with Gasteiger partial charge in [-0.05, 0) is 37.8 Å². The fourth-order valence-electron chi connectivity index (χ4n) is 2.61. The number of carboxylic acid groups (broad SMARTS) is 1. The minimum atomic E-state index is -0.891. The molecule has 0 unspecified atom stereocenters. The standard InChI is InChI=1S/C15H20ClNO4/c1-21-11-2-3-12(16)13(8-11)17-9-15(20)6-4-10(5-7-15)14(18)19/h2-3,8,10,17,20H,4-7,9H2,1H3,(H,18,19). The molecule has 0 bridgehead atoms. The van der Waals surface area contributed by atoms with Crippen LogP contribution in [0.3, 0.4) is 0 Å². The monoisotopic (exact) mass is 313 g/mol. The number of rotatable bonds is 5. The van der Waals surface area contributed by atoms with Crippen molar-refractivity contribution < 1.29 is 19.7 Å². The molecule has 0 aromatic heterocycles. The number of carbonyl (C=O) groups is 1. The van der Waals surface area contributed by atoms with E-state index in [0.717, 1.165) is 0 Å². The van der Waals surface area contributed by atoms with E-state index in [9.17, 15) is 9.90 Å². The summed E-state index contributed by atoms with van der Waals surface area (Å²) in [5.74, 6) is -0.435. The molecule has 0 radical (unpaired) electrons. The van der Waals surface area contributed by atoms with E-state index in [1.807, 2.05) is 0 Å². The Kier molecular flexibility index (Phi) is 4.96. The van der Waals surface area contributed by atoms with Crippen molar-refractivity contribution in [3.05, 3.63) is 23.2 Å². The highest BCUT2D eigenvalue weighted by atomic mass is 35.5. The van der Waals surface area contributed by atoms with E-state index < -0.39 is 11.6 Å². The van der Waals surface area contributed by atoms with Gasteiger partial charge in [-0.15, -0.1) is 0 Å². The molecule has 0 aliphatic heterocycles. The summed E-state index contributed by atoms with van der Waals surface area (Å²) in [4.78, 5) is 10.9. The van der Waals surface area contributed by atoms with Crippen molar-refractivity contribution in [1.82, 2.24) is 0 Å². The molecular weight excluding hydrogens is 294 g/mol. The molecule has 0 atom stereocenters. The lowest BCUT2D eigenvalue weighted by atomic mass is 9.79. The smallest absolute Gasteiger partial charge is 0.306 e. The lowest BCUT2D eigenvalue weighted by Gasteiger charge is -2.35. The van der Waals surface area contributed by atoms with Crippen LogP contribution in [0.1, 0.15) is 25.7 Å². The largest absolute Gasteiger partial charge is 0.497 e. The van der Waals surface area contributed by atoms with E-state index >= 15 is 0 Å². The fraction of sp³-hybridized carbons (Fsp3) is 0.533. The average Bonchev–Trinajstić information content (AvgIpc) is 2.47. The van der Waals surface area contributed by atoms with E-state index in [2.05, 4.69) is 5.32 Å². The number of aliphatic carboxylic acids is 1. The molecule has 3 N–H and O–H groups in total. The summed E-state index contributed by atoms with van der Waals surface area (Å²) in [6.07, 6.45) is 1.94. The number of carboxylic acids is 1. The van der Waals surface area contributed by atoms with E-state index in [1.165, 1.54) is 0 Å². The van der Waals surface area contributed by atoms with Crippen LogP contribution >= 0.6 is 11.6 Å². The second-order valence-corrected chi connectivity index (χ2v) is 5.94. The summed E-state index contributed by atoms with van der Waals surface area (Å²) < 4.78 is 5.14. The molecule has 5 nitrogen and oxygen atoms in total.